The number of fused-ring (bicyclic) bond motifs is 1. The Kier molecular flexibility index (Phi) is 4.36. The lowest BCUT2D eigenvalue weighted by Crippen LogP contribution is -2.47. The van der Waals surface area contributed by atoms with Crippen molar-refractivity contribution in [1.82, 2.24) is 10.2 Å². The second-order valence-electron chi connectivity index (χ2n) is 5.91. The van der Waals surface area contributed by atoms with Gasteiger partial charge in [-0.1, -0.05) is 11.6 Å². The predicted molar refractivity (Wildman–Crippen MR) is 82.8 cm³/mol. The summed E-state index contributed by atoms with van der Waals surface area (Å²) in [7, 11) is 1.96. The smallest absolute Gasteiger partial charge is 0.264 e. The summed E-state index contributed by atoms with van der Waals surface area (Å²) in [5, 5.41) is 3.90. The average Bonchev–Trinajstić information content (AvgIpc) is 2.90. The molecule has 0 bridgehead atoms. The van der Waals surface area contributed by atoms with E-state index in [0.29, 0.717) is 17.4 Å². The van der Waals surface area contributed by atoms with Crippen molar-refractivity contribution in [2.24, 2.45) is 5.92 Å². The summed E-state index contributed by atoms with van der Waals surface area (Å²) < 4.78 is 5.81. The molecule has 0 radical (unpaired) electrons. The molecule has 0 saturated carbocycles. The number of hydrogen-bond donors (Lipinski definition) is 1. The van der Waals surface area contributed by atoms with E-state index in [4.69, 9.17) is 16.3 Å². The highest BCUT2D eigenvalue weighted by Crippen LogP contribution is 2.32. The van der Waals surface area contributed by atoms with Gasteiger partial charge in [-0.25, -0.2) is 0 Å². The van der Waals surface area contributed by atoms with Gasteiger partial charge in [-0.05, 0) is 56.1 Å². The molecule has 0 aliphatic carbocycles. The number of benzene rings is 1. The number of amides is 1. The number of carbonyl (C=O) groups excluding carboxylic acids is 1. The number of piperidine rings is 1. The van der Waals surface area contributed by atoms with Crippen LogP contribution in [0.5, 0.6) is 5.75 Å². The standard InChI is InChI=1S/C16H21ClN2O2/c1-18-9-11-3-2-6-19(10-11)16(20)15-8-12-7-13(17)4-5-14(12)21-15/h4-5,7,11,15,18H,2-3,6,8-10H2,1H3/t11-,15+/m1/s1. The van der Waals surface area contributed by atoms with Gasteiger partial charge in [0.25, 0.3) is 5.91 Å². The van der Waals surface area contributed by atoms with E-state index in [9.17, 15) is 4.79 Å². The Morgan fingerprint density at radius 1 is 1.52 bits per heavy atom. The number of halogens is 1. The van der Waals surface area contributed by atoms with Gasteiger partial charge in [-0.3, -0.25) is 4.79 Å². The summed E-state index contributed by atoms with van der Waals surface area (Å²) in [6.07, 6.45) is 2.50. The number of ether oxygens (including phenoxy) is 1. The number of nitrogens with zero attached hydrogens (tertiary/aromatic N) is 1. The number of carbonyl (C=O) groups is 1. The zero-order valence-corrected chi connectivity index (χ0v) is 13.0. The molecule has 2 aliphatic heterocycles. The lowest BCUT2D eigenvalue weighted by molar-refractivity contribution is -0.139. The van der Waals surface area contributed by atoms with Gasteiger partial charge in [0.05, 0.1) is 0 Å². The van der Waals surface area contributed by atoms with Crippen LogP contribution in [0, 0.1) is 5.92 Å². The Bertz CT molecular complexity index is 533. The highest BCUT2D eigenvalue weighted by molar-refractivity contribution is 6.30. The van der Waals surface area contributed by atoms with Crippen LogP contribution in [0.15, 0.2) is 18.2 Å². The average molecular weight is 309 g/mol. The fourth-order valence-electron chi connectivity index (χ4n) is 3.28. The summed E-state index contributed by atoms with van der Waals surface area (Å²) in [5.74, 6) is 1.45. The zero-order chi connectivity index (χ0) is 14.8. The Labute approximate surface area is 130 Å². The number of likely N-dealkylation sites (tertiary alicyclic amines) is 1. The molecule has 1 aromatic rings. The molecule has 2 heterocycles. The van der Waals surface area contributed by atoms with Crippen LogP contribution in [0.25, 0.3) is 0 Å². The highest BCUT2D eigenvalue weighted by atomic mass is 35.5. The van der Waals surface area contributed by atoms with E-state index in [2.05, 4.69) is 5.32 Å². The van der Waals surface area contributed by atoms with Gasteiger partial charge in [0.15, 0.2) is 6.10 Å². The van der Waals surface area contributed by atoms with Crippen molar-refractivity contribution in [3.05, 3.63) is 28.8 Å². The van der Waals surface area contributed by atoms with Crippen LogP contribution >= 0.6 is 11.6 Å². The van der Waals surface area contributed by atoms with Gasteiger partial charge in [0.1, 0.15) is 5.75 Å². The Balaban J connectivity index is 1.64. The molecule has 2 atom stereocenters. The Morgan fingerprint density at radius 3 is 3.19 bits per heavy atom. The maximum atomic E-state index is 12.7. The topological polar surface area (TPSA) is 41.6 Å². The van der Waals surface area contributed by atoms with Crippen molar-refractivity contribution in [2.45, 2.75) is 25.4 Å². The van der Waals surface area contributed by atoms with Gasteiger partial charge < -0.3 is 15.0 Å². The van der Waals surface area contributed by atoms with Crippen LogP contribution in [0.1, 0.15) is 18.4 Å². The Morgan fingerprint density at radius 2 is 2.38 bits per heavy atom. The third kappa shape index (κ3) is 3.16. The summed E-state index contributed by atoms with van der Waals surface area (Å²) >= 11 is 6.00. The van der Waals surface area contributed by atoms with Crippen LogP contribution in [-0.2, 0) is 11.2 Å². The molecule has 3 rings (SSSR count). The van der Waals surface area contributed by atoms with E-state index in [1.54, 1.807) is 6.07 Å². The van der Waals surface area contributed by atoms with Gasteiger partial charge in [-0.15, -0.1) is 0 Å². The van der Waals surface area contributed by atoms with Crippen molar-refractivity contribution in [3.8, 4) is 5.75 Å². The molecule has 1 saturated heterocycles. The lowest BCUT2D eigenvalue weighted by atomic mass is 9.97. The normalized spacial score (nSPS) is 24.6. The molecule has 0 spiro atoms. The first-order valence-corrected chi connectivity index (χ1v) is 7.93. The van der Waals surface area contributed by atoms with Gasteiger partial charge >= 0.3 is 0 Å². The summed E-state index contributed by atoms with van der Waals surface area (Å²) in [6, 6.07) is 5.55. The zero-order valence-electron chi connectivity index (χ0n) is 12.3. The summed E-state index contributed by atoms with van der Waals surface area (Å²) in [5.41, 5.74) is 1.03. The monoisotopic (exact) mass is 308 g/mol. The third-order valence-corrected chi connectivity index (χ3v) is 4.53. The minimum Gasteiger partial charge on any atom is -0.480 e. The first-order valence-electron chi connectivity index (χ1n) is 7.56. The molecule has 1 N–H and O–H groups in total. The maximum Gasteiger partial charge on any atom is 0.264 e. The number of nitrogens with one attached hydrogen (secondary N) is 1. The molecule has 1 aromatic carbocycles. The van der Waals surface area contributed by atoms with Crippen molar-refractivity contribution in [3.63, 3.8) is 0 Å². The van der Waals surface area contributed by atoms with E-state index < -0.39 is 0 Å². The molecule has 0 unspecified atom stereocenters. The second-order valence-corrected chi connectivity index (χ2v) is 6.35. The van der Waals surface area contributed by atoms with Crippen molar-refractivity contribution >= 4 is 17.5 Å². The summed E-state index contributed by atoms with van der Waals surface area (Å²) in [6.45, 7) is 2.64. The van der Waals surface area contributed by atoms with E-state index >= 15 is 0 Å². The predicted octanol–water partition coefficient (Wildman–Crippen LogP) is 2.10. The van der Waals surface area contributed by atoms with Gasteiger partial charge in [0.2, 0.25) is 0 Å². The minimum absolute atomic E-state index is 0.114. The first-order chi connectivity index (χ1) is 10.2. The lowest BCUT2D eigenvalue weighted by Gasteiger charge is -2.34. The molecular weight excluding hydrogens is 288 g/mol. The molecule has 1 fully saturated rings. The first kappa shape index (κ1) is 14.7. The third-order valence-electron chi connectivity index (χ3n) is 4.30. The maximum absolute atomic E-state index is 12.7. The molecule has 2 aliphatic rings. The quantitative estimate of drug-likeness (QED) is 0.930. The molecule has 5 heteroatoms. The van der Waals surface area contributed by atoms with Crippen LogP contribution in [0.2, 0.25) is 5.02 Å². The van der Waals surface area contributed by atoms with Crippen molar-refractivity contribution in [2.75, 3.05) is 26.7 Å². The van der Waals surface area contributed by atoms with Crippen molar-refractivity contribution in [1.29, 1.82) is 0 Å². The van der Waals surface area contributed by atoms with E-state index in [0.717, 1.165) is 37.4 Å². The highest BCUT2D eigenvalue weighted by Gasteiger charge is 2.34. The molecular formula is C16H21ClN2O2. The van der Waals surface area contributed by atoms with E-state index in [1.807, 2.05) is 24.1 Å². The summed E-state index contributed by atoms with van der Waals surface area (Å²) in [4.78, 5) is 14.6. The fraction of sp³-hybridized carbons (Fsp3) is 0.562. The number of hydrogen-bond acceptors (Lipinski definition) is 3. The minimum atomic E-state index is -0.383. The van der Waals surface area contributed by atoms with Crippen LogP contribution in [0.4, 0.5) is 0 Å². The molecule has 0 aromatic heterocycles. The molecule has 1 amide bonds. The largest absolute Gasteiger partial charge is 0.480 e. The van der Waals surface area contributed by atoms with Gasteiger partial charge in [-0.2, -0.15) is 0 Å². The molecule has 114 valence electrons. The van der Waals surface area contributed by atoms with Crippen LogP contribution < -0.4 is 10.1 Å². The van der Waals surface area contributed by atoms with Crippen LogP contribution in [-0.4, -0.2) is 43.6 Å². The van der Waals surface area contributed by atoms with Gasteiger partial charge in [0, 0.05) is 24.5 Å². The van der Waals surface area contributed by atoms with Crippen molar-refractivity contribution < 1.29 is 9.53 Å². The van der Waals surface area contributed by atoms with E-state index in [-0.39, 0.29) is 12.0 Å². The second kappa shape index (κ2) is 6.24. The van der Waals surface area contributed by atoms with E-state index in [1.165, 1.54) is 6.42 Å². The fourth-order valence-corrected chi connectivity index (χ4v) is 3.47. The number of rotatable bonds is 3. The SMILES string of the molecule is CNC[C@H]1CCCN(C(=O)[C@@H]2Cc3cc(Cl)ccc3O2)C1. The molecule has 21 heavy (non-hydrogen) atoms. The van der Waals surface area contributed by atoms with Crippen LogP contribution in [0.3, 0.4) is 0 Å². The molecule has 4 nitrogen and oxygen atoms in total. The Hall–Kier alpha value is -1.26.